The van der Waals surface area contributed by atoms with Gasteiger partial charge in [0.25, 0.3) is 0 Å². The Hall–Kier alpha value is -2.00. The first-order valence-corrected chi connectivity index (χ1v) is 10.6. The summed E-state index contributed by atoms with van der Waals surface area (Å²) in [5.41, 5.74) is 2.61. The minimum atomic E-state index is -3.26. The molecule has 3 aromatic rings. The van der Waals surface area contributed by atoms with Crippen LogP contribution < -0.4 is 10.0 Å². The third-order valence-electron chi connectivity index (χ3n) is 3.66. The number of nitrogens with one attached hydrogen (secondary N) is 2. The monoisotopic (exact) mass is 408 g/mol. The molecule has 136 valence electrons. The van der Waals surface area contributed by atoms with Gasteiger partial charge in [0.1, 0.15) is 0 Å². The molecule has 9 heteroatoms. The summed E-state index contributed by atoms with van der Waals surface area (Å²) in [6.45, 7) is 0.566. The highest BCUT2D eigenvalue weighted by molar-refractivity contribution is 7.88. The van der Waals surface area contributed by atoms with Crippen molar-refractivity contribution in [1.29, 1.82) is 0 Å². The van der Waals surface area contributed by atoms with Gasteiger partial charge >= 0.3 is 0 Å². The van der Waals surface area contributed by atoms with Crippen LogP contribution in [-0.2, 0) is 22.3 Å². The van der Waals surface area contributed by atoms with Crippen molar-refractivity contribution in [3.63, 3.8) is 0 Å². The van der Waals surface area contributed by atoms with Crippen LogP contribution in [0.4, 0.5) is 5.13 Å². The highest BCUT2D eigenvalue weighted by atomic mass is 35.5. The summed E-state index contributed by atoms with van der Waals surface area (Å²) in [4.78, 5) is 0. The predicted octanol–water partition coefficient (Wildman–Crippen LogP) is 3.52. The lowest BCUT2D eigenvalue weighted by Gasteiger charge is -2.05. The van der Waals surface area contributed by atoms with Crippen molar-refractivity contribution in [2.45, 2.75) is 12.3 Å². The largest absolute Gasteiger partial charge is 0.356 e. The number of rotatable bonds is 7. The van der Waals surface area contributed by atoms with Crippen LogP contribution in [0, 0.1) is 0 Å². The molecule has 6 nitrogen and oxygen atoms in total. The van der Waals surface area contributed by atoms with Crippen LogP contribution in [0.3, 0.4) is 0 Å². The number of benzene rings is 2. The van der Waals surface area contributed by atoms with E-state index in [4.69, 9.17) is 11.6 Å². The third-order valence-corrected chi connectivity index (χ3v) is 6.24. The molecule has 0 aliphatic carbocycles. The fraction of sp³-hybridized carbons (Fsp3) is 0.176. The van der Waals surface area contributed by atoms with Crippen molar-refractivity contribution in [1.82, 2.24) is 14.9 Å². The van der Waals surface area contributed by atoms with Crippen LogP contribution in [-0.4, -0.2) is 25.7 Å². The number of sulfonamides is 1. The molecule has 0 spiro atoms. The zero-order valence-electron chi connectivity index (χ0n) is 13.9. The van der Waals surface area contributed by atoms with Crippen molar-refractivity contribution in [2.24, 2.45) is 0 Å². The first kappa shape index (κ1) is 18.8. The SMILES string of the molecule is CNS(=O)(=O)Cc1ccc(CNc2nnc(-c3ccccc3Cl)s2)cc1. The fourth-order valence-electron chi connectivity index (χ4n) is 2.26. The molecule has 0 radical (unpaired) electrons. The third kappa shape index (κ3) is 4.79. The number of anilines is 1. The maximum Gasteiger partial charge on any atom is 0.215 e. The average Bonchev–Trinajstić information content (AvgIpc) is 3.10. The molecule has 0 aliphatic heterocycles. The second-order valence-corrected chi connectivity index (χ2v) is 8.84. The molecule has 0 atom stereocenters. The normalized spacial score (nSPS) is 11.5. The Morgan fingerprint density at radius 3 is 2.42 bits per heavy atom. The molecule has 0 fully saturated rings. The van der Waals surface area contributed by atoms with Crippen LogP contribution in [0.25, 0.3) is 10.6 Å². The molecule has 3 rings (SSSR count). The van der Waals surface area contributed by atoms with E-state index in [2.05, 4.69) is 20.2 Å². The van der Waals surface area contributed by atoms with Crippen molar-refractivity contribution < 1.29 is 8.42 Å². The highest BCUT2D eigenvalue weighted by Gasteiger charge is 2.10. The van der Waals surface area contributed by atoms with Gasteiger partial charge in [-0.05, 0) is 24.2 Å². The molecular weight excluding hydrogens is 392 g/mol. The molecule has 0 saturated heterocycles. The lowest BCUT2D eigenvalue weighted by atomic mass is 10.1. The first-order chi connectivity index (χ1) is 12.5. The molecule has 1 heterocycles. The molecule has 0 bridgehead atoms. The molecule has 2 aromatic carbocycles. The Morgan fingerprint density at radius 2 is 1.73 bits per heavy atom. The lowest BCUT2D eigenvalue weighted by molar-refractivity contribution is 0.587. The Bertz CT molecular complexity index is 988. The van der Waals surface area contributed by atoms with Gasteiger partial charge in [0, 0.05) is 12.1 Å². The molecule has 0 amide bonds. The van der Waals surface area contributed by atoms with Crippen molar-refractivity contribution in [3.8, 4) is 10.6 Å². The number of hydrogen-bond donors (Lipinski definition) is 2. The van der Waals surface area contributed by atoms with Crippen LogP contribution >= 0.6 is 22.9 Å². The minimum absolute atomic E-state index is 0.0329. The van der Waals surface area contributed by atoms with Crippen molar-refractivity contribution in [2.75, 3.05) is 12.4 Å². The maximum atomic E-state index is 11.6. The number of aromatic nitrogens is 2. The lowest BCUT2D eigenvalue weighted by Crippen LogP contribution is -2.20. The van der Waals surface area contributed by atoms with Gasteiger partial charge in [-0.2, -0.15) is 0 Å². The number of halogens is 1. The number of hydrogen-bond acceptors (Lipinski definition) is 6. The highest BCUT2D eigenvalue weighted by Crippen LogP contribution is 2.31. The van der Waals surface area contributed by atoms with Gasteiger partial charge in [0.05, 0.1) is 10.8 Å². The standard InChI is InChI=1S/C17H17ClN4O2S2/c1-19-26(23,24)11-13-8-6-12(7-9-13)10-20-17-22-21-16(25-17)14-4-2-3-5-15(14)18/h2-9,19H,10-11H2,1H3,(H,20,22). The van der Waals surface area contributed by atoms with Crippen LogP contribution in [0.15, 0.2) is 48.5 Å². The summed E-state index contributed by atoms with van der Waals surface area (Å²) in [7, 11) is -1.85. The molecular formula is C17H17ClN4O2S2. The van der Waals surface area contributed by atoms with Gasteiger partial charge in [0.2, 0.25) is 15.2 Å². The van der Waals surface area contributed by atoms with Crippen LogP contribution in [0.2, 0.25) is 5.02 Å². The Kier molecular flexibility index (Phi) is 5.87. The minimum Gasteiger partial charge on any atom is -0.356 e. The summed E-state index contributed by atoms with van der Waals surface area (Å²) in [6.07, 6.45) is 0. The van der Waals surface area contributed by atoms with Gasteiger partial charge in [-0.1, -0.05) is 65.4 Å². The van der Waals surface area contributed by atoms with Crippen LogP contribution in [0.5, 0.6) is 0 Å². The molecule has 26 heavy (non-hydrogen) atoms. The van der Waals surface area contributed by atoms with Gasteiger partial charge in [0.15, 0.2) is 5.01 Å². The van der Waals surface area contributed by atoms with Crippen molar-refractivity contribution >= 4 is 38.1 Å². The average molecular weight is 409 g/mol. The van der Waals surface area contributed by atoms with E-state index in [-0.39, 0.29) is 5.75 Å². The van der Waals surface area contributed by atoms with Gasteiger partial charge < -0.3 is 5.32 Å². The fourth-order valence-corrected chi connectivity index (χ4v) is 4.10. The Labute approximate surface area is 161 Å². The number of nitrogens with zero attached hydrogens (tertiary/aromatic N) is 2. The van der Waals surface area contributed by atoms with Gasteiger partial charge in [-0.3, -0.25) is 0 Å². The summed E-state index contributed by atoms with van der Waals surface area (Å²) in [6, 6.07) is 14.9. The molecule has 0 unspecified atom stereocenters. The van der Waals surface area contributed by atoms with E-state index >= 15 is 0 Å². The van der Waals surface area contributed by atoms with E-state index in [0.717, 1.165) is 21.7 Å². The van der Waals surface area contributed by atoms with E-state index in [0.29, 0.717) is 16.7 Å². The molecule has 1 aromatic heterocycles. The molecule has 0 saturated carbocycles. The van der Waals surface area contributed by atoms with E-state index < -0.39 is 10.0 Å². The van der Waals surface area contributed by atoms with Crippen LogP contribution in [0.1, 0.15) is 11.1 Å². The second kappa shape index (κ2) is 8.13. The Balaban J connectivity index is 1.62. The van der Waals surface area contributed by atoms with E-state index in [1.54, 1.807) is 12.1 Å². The van der Waals surface area contributed by atoms with E-state index in [1.807, 2.05) is 36.4 Å². The van der Waals surface area contributed by atoms with Gasteiger partial charge in [-0.25, -0.2) is 13.1 Å². The quantitative estimate of drug-likeness (QED) is 0.624. The summed E-state index contributed by atoms with van der Waals surface area (Å²) in [5.74, 6) is -0.0329. The predicted molar refractivity (Wildman–Crippen MR) is 106 cm³/mol. The summed E-state index contributed by atoms with van der Waals surface area (Å²) < 4.78 is 25.4. The van der Waals surface area contributed by atoms with E-state index in [1.165, 1.54) is 18.4 Å². The summed E-state index contributed by atoms with van der Waals surface area (Å²) >= 11 is 7.61. The van der Waals surface area contributed by atoms with Gasteiger partial charge in [-0.15, -0.1) is 10.2 Å². The molecule has 2 N–H and O–H groups in total. The maximum absolute atomic E-state index is 11.6. The van der Waals surface area contributed by atoms with E-state index in [9.17, 15) is 8.42 Å². The first-order valence-electron chi connectivity index (χ1n) is 7.78. The summed E-state index contributed by atoms with van der Waals surface area (Å²) in [5, 5.41) is 13.6. The topological polar surface area (TPSA) is 84.0 Å². The zero-order valence-corrected chi connectivity index (χ0v) is 16.3. The molecule has 0 aliphatic rings. The smallest absolute Gasteiger partial charge is 0.215 e. The second-order valence-electron chi connectivity index (χ2n) is 5.53. The van der Waals surface area contributed by atoms with Crippen molar-refractivity contribution in [3.05, 3.63) is 64.7 Å². The zero-order chi connectivity index (χ0) is 18.6. The Morgan fingerprint density at radius 1 is 1.04 bits per heavy atom.